The smallest absolute Gasteiger partial charge is 0.403 e. The summed E-state index contributed by atoms with van der Waals surface area (Å²) in [5.41, 5.74) is 5.51. The molecule has 0 aromatic heterocycles. The van der Waals surface area contributed by atoms with Crippen molar-refractivity contribution < 1.29 is 22.3 Å². The summed E-state index contributed by atoms with van der Waals surface area (Å²) in [5.74, 6) is -2.04. The first-order valence-corrected chi connectivity index (χ1v) is 3.79. The van der Waals surface area contributed by atoms with Crippen LogP contribution in [0.3, 0.4) is 0 Å². The lowest BCUT2D eigenvalue weighted by molar-refractivity contribution is -0.275. The predicted molar refractivity (Wildman–Crippen MR) is 46.3 cm³/mol. The molecule has 0 saturated carbocycles. The second-order valence-electron chi connectivity index (χ2n) is 2.72. The Kier molecular flexibility index (Phi) is 2.88. The Hall–Kier alpha value is -1.72. The van der Waals surface area contributed by atoms with Gasteiger partial charge in [-0.15, -0.1) is 13.2 Å². The zero-order chi connectivity index (χ0) is 11.6. The Morgan fingerprint density at radius 3 is 2.33 bits per heavy atom. The van der Waals surface area contributed by atoms with E-state index in [2.05, 4.69) is 11.3 Å². The molecule has 0 radical (unpaired) electrons. The van der Waals surface area contributed by atoms with Gasteiger partial charge in [0.2, 0.25) is 0 Å². The van der Waals surface area contributed by atoms with Crippen LogP contribution >= 0.6 is 0 Å². The van der Waals surface area contributed by atoms with Gasteiger partial charge in [-0.25, -0.2) is 4.39 Å². The topological polar surface area (TPSA) is 35.2 Å². The SMILES string of the molecule is C=C(N)c1ccc(OC(F)(F)F)c(F)c1. The van der Waals surface area contributed by atoms with Crippen molar-refractivity contribution in [3.63, 3.8) is 0 Å². The van der Waals surface area contributed by atoms with Crippen molar-refractivity contribution in [2.75, 3.05) is 0 Å². The number of hydrogen-bond donors (Lipinski definition) is 1. The van der Waals surface area contributed by atoms with Crippen molar-refractivity contribution in [2.45, 2.75) is 6.36 Å². The van der Waals surface area contributed by atoms with Gasteiger partial charge in [0.25, 0.3) is 0 Å². The van der Waals surface area contributed by atoms with E-state index >= 15 is 0 Å². The minimum Gasteiger partial charge on any atom is -0.403 e. The van der Waals surface area contributed by atoms with E-state index in [0.29, 0.717) is 0 Å². The number of ether oxygens (including phenoxy) is 1. The second kappa shape index (κ2) is 3.80. The fourth-order valence-corrected chi connectivity index (χ4v) is 0.908. The summed E-state index contributed by atoms with van der Waals surface area (Å²) < 4.78 is 51.7. The molecular weight excluding hydrogens is 214 g/mol. The Morgan fingerprint density at radius 1 is 1.33 bits per heavy atom. The Balaban J connectivity index is 2.99. The van der Waals surface area contributed by atoms with E-state index in [4.69, 9.17) is 5.73 Å². The van der Waals surface area contributed by atoms with E-state index in [1.54, 1.807) is 0 Å². The van der Waals surface area contributed by atoms with Gasteiger partial charge in [-0.1, -0.05) is 6.58 Å². The molecule has 0 fully saturated rings. The quantitative estimate of drug-likeness (QED) is 0.779. The third kappa shape index (κ3) is 3.16. The number of halogens is 4. The van der Waals surface area contributed by atoms with Gasteiger partial charge in [-0.05, 0) is 23.8 Å². The lowest BCUT2D eigenvalue weighted by Gasteiger charge is -2.10. The third-order valence-electron chi connectivity index (χ3n) is 1.53. The fraction of sp³-hybridized carbons (Fsp3) is 0.111. The second-order valence-corrected chi connectivity index (χ2v) is 2.72. The van der Waals surface area contributed by atoms with Gasteiger partial charge in [-0.3, -0.25) is 0 Å². The minimum atomic E-state index is -4.91. The lowest BCUT2D eigenvalue weighted by atomic mass is 10.2. The van der Waals surface area contributed by atoms with Gasteiger partial charge in [0.1, 0.15) is 0 Å². The molecule has 0 amide bonds. The molecule has 82 valence electrons. The maximum Gasteiger partial charge on any atom is 0.573 e. The highest BCUT2D eigenvalue weighted by atomic mass is 19.4. The number of hydrogen-bond acceptors (Lipinski definition) is 2. The highest BCUT2D eigenvalue weighted by molar-refractivity contribution is 5.60. The van der Waals surface area contributed by atoms with Crippen molar-refractivity contribution in [1.29, 1.82) is 0 Å². The standard InChI is InChI=1S/C9H7F4NO/c1-5(14)6-2-3-8(7(10)4-6)15-9(11,12)13/h2-4H,1,14H2. The largest absolute Gasteiger partial charge is 0.573 e. The minimum absolute atomic E-state index is 0.0625. The van der Waals surface area contributed by atoms with E-state index in [1.165, 1.54) is 6.07 Å². The highest BCUT2D eigenvalue weighted by Crippen LogP contribution is 2.26. The molecule has 1 rings (SSSR count). The highest BCUT2D eigenvalue weighted by Gasteiger charge is 2.32. The molecule has 0 aliphatic heterocycles. The first-order chi connectivity index (χ1) is 6.79. The van der Waals surface area contributed by atoms with Crippen LogP contribution in [0.2, 0.25) is 0 Å². The van der Waals surface area contributed by atoms with Crippen molar-refractivity contribution in [2.24, 2.45) is 5.73 Å². The Labute approximate surface area is 83.0 Å². The van der Waals surface area contributed by atoms with Gasteiger partial charge >= 0.3 is 6.36 Å². The molecule has 1 aromatic carbocycles. The van der Waals surface area contributed by atoms with E-state index in [-0.39, 0.29) is 11.3 Å². The van der Waals surface area contributed by atoms with Crippen LogP contribution in [0.25, 0.3) is 5.70 Å². The van der Waals surface area contributed by atoms with Gasteiger partial charge in [0.15, 0.2) is 11.6 Å². The number of benzene rings is 1. The summed E-state index contributed by atoms with van der Waals surface area (Å²) in [6, 6.07) is 2.85. The van der Waals surface area contributed by atoms with Gasteiger partial charge < -0.3 is 10.5 Å². The number of nitrogens with two attached hydrogens (primary N) is 1. The summed E-state index contributed by atoms with van der Waals surface area (Å²) in [6.07, 6.45) is -4.91. The molecule has 2 nitrogen and oxygen atoms in total. The molecule has 0 saturated heterocycles. The zero-order valence-electron chi connectivity index (χ0n) is 7.44. The third-order valence-corrected chi connectivity index (χ3v) is 1.53. The summed E-state index contributed by atoms with van der Waals surface area (Å²) in [4.78, 5) is 0. The van der Waals surface area contributed by atoms with Crippen LogP contribution in [0.15, 0.2) is 24.8 Å². The molecule has 0 heterocycles. The van der Waals surface area contributed by atoms with Crippen LogP contribution in [0.5, 0.6) is 5.75 Å². The van der Waals surface area contributed by atoms with Gasteiger partial charge in [-0.2, -0.15) is 0 Å². The molecular formula is C9H7F4NO. The molecule has 0 spiro atoms. The van der Waals surface area contributed by atoms with Crippen LogP contribution in [0.4, 0.5) is 17.6 Å². The molecule has 0 bridgehead atoms. The monoisotopic (exact) mass is 221 g/mol. The normalized spacial score (nSPS) is 11.2. The first kappa shape index (κ1) is 11.4. The van der Waals surface area contributed by atoms with Crippen molar-refractivity contribution in [1.82, 2.24) is 0 Å². The van der Waals surface area contributed by atoms with Crippen LogP contribution in [0.1, 0.15) is 5.56 Å². The Bertz CT molecular complexity index is 386. The van der Waals surface area contributed by atoms with Crippen LogP contribution in [-0.2, 0) is 0 Å². The zero-order valence-corrected chi connectivity index (χ0v) is 7.44. The van der Waals surface area contributed by atoms with Crippen molar-refractivity contribution >= 4 is 5.70 Å². The van der Waals surface area contributed by atoms with E-state index < -0.39 is 17.9 Å². The lowest BCUT2D eigenvalue weighted by Crippen LogP contribution is -2.18. The molecule has 6 heteroatoms. The van der Waals surface area contributed by atoms with E-state index in [1.807, 2.05) is 0 Å². The van der Waals surface area contributed by atoms with Crippen molar-refractivity contribution in [3.05, 3.63) is 36.2 Å². The van der Waals surface area contributed by atoms with Gasteiger partial charge in [0.05, 0.1) is 0 Å². The van der Waals surface area contributed by atoms with Crippen LogP contribution in [-0.4, -0.2) is 6.36 Å². The maximum atomic E-state index is 13.0. The molecule has 0 unspecified atom stereocenters. The maximum absolute atomic E-state index is 13.0. The summed E-state index contributed by atoms with van der Waals surface area (Å²) >= 11 is 0. The fourth-order valence-electron chi connectivity index (χ4n) is 0.908. The summed E-state index contributed by atoms with van der Waals surface area (Å²) in [6.45, 7) is 3.32. The number of alkyl halides is 3. The van der Waals surface area contributed by atoms with Crippen LogP contribution < -0.4 is 10.5 Å². The van der Waals surface area contributed by atoms with Crippen molar-refractivity contribution in [3.8, 4) is 5.75 Å². The molecule has 15 heavy (non-hydrogen) atoms. The summed E-state index contributed by atoms with van der Waals surface area (Å²) in [5, 5.41) is 0. The molecule has 0 aliphatic rings. The number of rotatable bonds is 2. The molecule has 0 aliphatic carbocycles. The van der Waals surface area contributed by atoms with E-state index in [0.717, 1.165) is 12.1 Å². The summed E-state index contributed by atoms with van der Waals surface area (Å²) in [7, 11) is 0. The average molecular weight is 221 g/mol. The molecule has 1 aromatic rings. The molecule has 0 atom stereocenters. The first-order valence-electron chi connectivity index (χ1n) is 3.79. The van der Waals surface area contributed by atoms with Crippen LogP contribution in [0, 0.1) is 5.82 Å². The molecule has 2 N–H and O–H groups in total. The Morgan fingerprint density at radius 2 is 1.93 bits per heavy atom. The van der Waals surface area contributed by atoms with Gasteiger partial charge in [0, 0.05) is 5.70 Å². The van der Waals surface area contributed by atoms with E-state index in [9.17, 15) is 17.6 Å². The predicted octanol–water partition coefficient (Wildman–Crippen LogP) is 2.65. The average Bonchev–Trinajstić information content (AvgIpc) is 2.05.